The molecule has 0 amide bonds. The third-order valence-corrected chi connectivity index (χ3v) is 3.49. The first kappa shape index (κ1) is 10.9. The SMILES string of the molecule is CCC1CCC(NC)(C(F)F)CC1. The summed E-state index contributed by atoms with van der Waals surface area (Å²) < 4.78 is 25.5. The molecule has 0 radical (unpaired) electrons. The largest absolute Gasteiger partial charge is 0.309 e. The van der Waals surface area contributed by atoms with Crippen molar-refractivity contribution >= 4 is 0 Å². The van der Waals surface area contributed by atoms with E-state index < -0.39 is 12.0 Å². The van der Waals surface area contributed by atoms with Crippen LogP contribution in [0, 0.1) is 5.92 Å². The molecule has 0 bridgehead atoms. The summed E-state index contributed by atoms with van der Waals surface area (Å²) in [6.07, 6.45) is 2.04. The van der Waals surface area contributed by atoms with Gasteiger partial charge < -0.3 is 5.32 Å². The van der Waals surface area contributed by atoms with E-state index in [1.54, 1.807) is 7.05 Å². The number of halogens is 2. The van der Waals surface area contributed by atoms with Crippen molar-refractivity contribution in [2.24, 2.45) is 5.92 Å². The number of hydrogen-bond donors (Lipinski definition) is 1. The molecule has 0 atom stereocenters. The fourth-order valence-corrected chi connectivity index (χ4v) is 2.18. The van der Waals surface area contributed by atoms with Crippen molar-refractivity contribution in [3.63, 3.8) is 0 Å². The van der Waals surface area contributed by atoms with Gasteiger partial charge in [-0.05, 0) is 38.6 Å². The maximum atomic E-state index is 12.7. The molecule has 78 valence electrons. The second-order valence-electron chi connectivity index (χ2n) is 4.06. The van der Waals surface area contributed by atoms with Gasteiger partial charge in [0, 0.05) is 0 Å². The molecule has 0 unspecified atom stereocenters. The zero-order valence-electron chi connectivity index (χ0n) is 8.45. The zero-order valence-corrected chi connectivity index (χ0v) is 8.45. The Bertz CT molecular complexity index is 151. The van der Waals surface area contributed by atoms with Crippen LogP contribution in [0.15, 0.2) is 0 Å². The molecule has 1 nitrogen and oxygen atoms in total. The molecule has 0 heterocycles. The van der Waals surface area contributed by atoms with Crippen LogP contribution in [-0.2, 0) is 0 Å². The lowest BCUT2D eigenvalue weighted by molar-refractivity contribution is 0.00203. The monoisotopic (exact) mass is 191 g/mol. The van der Waals surface area contributed by atoms with E-state index in [2.05, 4.69) is 12.2 Å². The fraction of sp³-hybridized carbons (Fsp3) is 1.00. The summed E-state index contributed by atoms with van der Waals surface area (Å²) >= 11 is 0. The fourth-order valence-electron chi connectivity index (χ4n) is 2.18. The Balaban J connectivity index is 2.53. The molecule has 0 aliphatic heterocycles. The summed E-state index contributed by atoms with van der Waals surface area (Å²) in [5.41, 5.74) is -0.883. The summed E-state index contributed by atoms with van der Waals surface area (Å²) in [6, 6.07) is 0. The van der Waals surface area contributed by atoms with E-state index in [-0.39, 0.29) is 0 Å². The van der Waals surface area contributed by atoms with Crippen molar-refractivity contribution < 1.29 is 8.78 Å². The van der Waals surface area contributed by atoms with Gasteiger partial charge in [-0.2, -0.15) is 0 Å². The van der Waals surface area contributed by atoms with Crippen molar-refractivity contribution in [1.82, 2.24) is 5.32 Å². The van der Waals surface area contributed by atoms with Gasteiger partial charge in [0.1, 0.15) is 0 Å². The van der Waals surface area contributed by atoms with Crippen molar-refractivity contribution in [1.29, 1.82) is 0 Å². The van der Waals surface area contributed by atoms with E-state index in [9.17, 15) is 8.78 Å². The molecular formula is C10H19F2N. The van der Waals surface area contributed by atoms with Gasteiger partial charge in [0.25, 0.3) is 6.43 Å². The van der Waals surface area contributed by atoms with E-state index in [1.165, 1.54) is 0 Å². The number of alkyl halides is 2. The molecule has 13 heavy (non-hydrogen) atoms. The van der Waals surface area contributed by atoms with Crippen LogP contribution in [0.3, 0.4) is 0 Å². The molecule has 1 aliphatic rings. The first-order valence-electron chi connectivity index (χ1n) is 5.11. The lowest BCUT2D eigenvalue weighted by atomic mass is 9.76. The van der Waals surface area contributed by atoms with E-state index in [0.29, 0.717) is 18.8 Å². The average molecular weight is 191 g/mol. The lowest BCUT2D eigenvalue weighted by Gasteiger charge is -2.39. The predicted octanol–water partition coefficient (Wildman–Crippen LogP) is 2.81. The summed E-state index contributed by atoms with van der Waals surface area (Å²) in [4.78, 5) is 0. The zero-order chi connectivity index (χ0) is 9.90. The van der Waals surface area contributed by atoms with Crippen LogP contribution < -0.4 is 5.32 Å². The summed E-state index contributed by atoms with van der Waals surface area (Å²) in [6.45, 7) is 2.14. The smallest absolute Gasteiger partial charge is 0.256 e. The third kappa shape index (κ3) is 2.19. The first-order valence-corrected chi connectivity index (χ1v) is 5.11. The number of rotatable bonds is 3. The van der Waals surface area contributed by atoms with Gasteiger partial charge in [0.2, 0.25) is 0 Å². The van der Waals surface area contributed by atoms with E-state index in [0.717, 1.165) is 19.3 Å². The summed E-state index contributed by atoms with van der Waals surface area (Å²) in [5, 5.41) is 2.81. The molecule has 0 saturated heterocycles. The highest BCUT2D eigenvalue weighted by molar-refractivity contribution is 4.93. The maximum absolute atomic E-state index is 12.7. The van der Waals surface area contributed by atoms with Gasteiger partial charge in [-0.25, -0.2) is 8.78 Å². The molecule has 0 aromatic heterocycles. The van der Waals surface area contributed by atoms with E-state index in [1.807, 2.05) is 0 Å². The van der Waals surface area contributed by atoms with Gasteiger partial charge in [-0.1, -0.05) is 13.3 Å². The van der Waals surface area contributed by atoms with Crippen molar-refractivity contribution in [3.8, 4) is 0 Å². The highest BCUT2D eigenvalue weighted by Gasteiger charge is 2.41. The van der Waals surface area contributed by atoms with Crippen LogP contribution in [0.2, 0.25) is 0 Å². The molecule has 1 aliphatic carbocycles. The minimum atomic E-state index is -2.23. The van der Waals surface area contributed by atoms with Gasteiger partial charge >= 0.3 is 0 Å². The van der Waals surface area contributed by atoms with Crippen molar-refractivity contribution in [2.75, 3.05) is 7.05 Å². The first-order chi connectivity index (χ1) is 6.14. The molecule has 1 fully saturated rings. The van der Waals surface area contributed by atoms with Crippen LogP contribution >= 0.6 is 0 Å². The molecule has 1 N–H and O–H groups in total. The van der Waals surface area contributed by atoms with Crippen LogP contribution in [0.4, 0.5) is 8.78 Å². The molecule has 0 aromatic rings. The Kier molecular flexibility index (Phi) is 3.65. The summed E-state index contributed by atoms with van der Waals surface area (Å²) in [7, 11) is 1.65. The van der Waals surface area contributed by atoms with E-state index >= 15 is 0 Å². The van der Waals surface area contributed by atoms with E-state index in [4.69, 9.17) is 0 Å². The number of nitrogens with one attached hydrogen (secondary N) is 1. The molecule has 0 spiro atoms. The molecule has 0 aromatic carbocycles. The van der Waals surface area contributed by atoms with Crippen LogP contribution in [0.25, 0.3) is 0 Å². The second-order valence-corrected chi connectivity index (χ2v) is 4.06. The van der Waals surface area contributed by atoms with Crippen molar-refractivity contribution in [3.05, 3.63) is 0 Å². The van der Waals surface area contributed by atoms with Gasteiger partial charge in [0.05, 0.1) is 5.54 Å². The quantitative estimate of drug-likeness (QED) is 0.723. The second kappa shape index (κ2) is 4.36. The Morgan fingerprint density at radius 3 is 2.23 bits per heavy atom. The molecule has 3 heteroatoms. The average Bonchev–Trinajstić information content (AvgIpc) is 2.17. The Morgan fingerprint density at radius 2 is 1.92 bits per heavy atom. The minimum Gasteiger partial charge on any atom is -0.309 e. The molecule has 1 saturated carbocycles. The third-order valence-electron chi connectivity index (χ3n) is 3.49. The number of hydrogen-bond acceptors (Lipinski definition) is 1. The lowest BCUT2D eigenvalue weighted by Crippen LogP contribution is -2.51. The highest BCUT2D eigenvalue weighted by atomic mass is 19.3. The van der Waals surface area contributed by atoms with Crippen molar-refractivity contribution in [2.45, 2.75) is 51.0 Å². The highest BCUT2D eigenvalue weighted by Crippen LogP contribution is 2.37. The Labute approximate surface area is 78.9 Å². The molecule has 1 rings (SSSR count). The van der Waals surface area contributed by atoms with Gasteiger partial charge in [-0.15, -0.1) is 0 Å². The summed E-state index contributed by atoms with van der Waals surface area (Å²) in [5.74, 6) is 0.667. The Morgan fingerprint density at radius 1 is 1.38 bits per heavy atom. The topological polar surface area (TPSA) is 12.0 Å². The normalized spacial score (nSPS) is 35.3. The van der Waals surface area contributed by atoms with Crippen LogP contribution in [0.5, 0.6) is 0 Å². The van der Waals surface area contributed by atoms with Gasteiger partial charge in [-0.3, -0.25) is 0 Å². The molecular weight excluding hydrogens is 172 g/mol. The Hall–Kier alpha value is -0.180. The van der Waals surface area contributed by atoms with Crippen LogP contribution in [-0.4, -0.2) is 19.0 Å². The minimum absolute atomic E-state index is 0.625. The standard InChI is InChI=1S/C10H19F2N/c1-3-8-4-6-10(13-2,7-5-8)9(11)12/h8-9,13H,3-7H2,1-2H3. The maximum Gasteiger partial charge on any atom is 0.256 e. The van der Waals surface area contributed by atoms with Crippen LogP contribution in [0.1, 0.15) is 39.0 Å². The predicted molar refractivity (Wildman–Crippen MR) is 50.0 cm³/mol. The van der Waals surface area contributed by atoms with Gasteiger partial charge in [0.15, 0.2) is 0 Å².